The van der Waals surface area contributed by atoms with Crippen LogP contribution in [0.25, 0.3) is 0 Å². The van der Waals surface area contributed by atoms with Crippen molar-refractivity contribution in [3.8, 4) is 0 Å². The molecule has 2 N–H and O–H groups in total. The Labute approximate surface area is 80.5 Å². The topological polar surface area (TPSA) is 75.4 Å². The van der Waals surface area contributed by atoms with Crippen LogP contribution in [0, 0.1) is 17.0 Å². The molecule has 0 aliphatic carbocycles. The lowest BCUT2D eigenvalue weighted by Gasteiger charge is -2.04. The lowest BCUT2D eigenvalue weighted by molar-refractivity contribution is -0.385. The Hall–Kier alpha value is -1.46. The quantitative estimate of drug-likeness (QED) is 0.516. The maximum atomic E-state index is 10.6. The zero-order valence-corrected chi connectivity index (χ0v) is 7.65. The normalized spacial score (nSPS) is 19.4. The van der Waals surface area contributed by atoms with E-state index in [0.29, 0.717) is 17.7 Å². The zero-order valence-electron chi connectivity index (χ0n) is 7.65. The van der Waals surface area contributed by atoms with Gasteiger partial charge in [0.05, 0.1) is 4.92 Å². The molecular formula is C9H10N2O3. The Morgan fingerprint density at radius 3 is 3.00 bits per heavy atom. The minimum atomic E-state index is -0.774. The Kier molecular flexibility index (Phi) is 1.98. The molecule has 1 atom stereocenters. The molecule has 0 saturated carbocycles. The first-order valence-electron chi connectivity index (χ1n) is 4.29. The van der Waals surface area contributed by atoms with Crippen LogP contribution in [-0.2, 0) is 6.54 Å². The predicted molar refractivity (Wildman–Crippen MR) is 49.6 cm³/mol. The Morgan fingerprint density at radius 2 is 2.36 bits per heavy atom. The highest BCUT2D eigenvalue weighted by Crippen LogP contribution is 2.29. The van der Waals surface area contributed by atoms with E-state index in [1.807, 2.05) is 0 Å². The third kappa shape index (κ3) is 1.26. The maximum Gasteiger partial charge on any atom is 0.272 e. The molecule has 0 radical (unpaired) electrons. The fourth-order valence-corrected chi connectivity index (χ4v) is 1.69. The fraction of sp³-hybridized carbons (Fsp3) is 0.333. The van der Waals surface area contributed by atoms with Crippen LogP contribution in [0.5, 0.6) is 0 Å². The van der Waals surface area contributed by atoms with Gasteiger partial charge in [-0.1, -0.05) is 0 Å². The van der Waals surface area contributed by atoms with E-state index in [2.05, 4.69) is 5.32 Å². The van der Waals surface area contributed by atoms with Gasteiger partial charge in [0.15, 0.2) is 0 Å². The first kappa shape index (κ1) is 9.11. The van der Waals surface area contributed by atoms with Gasteiger partial charge in [0.2, 0.25) is 0 Å². The molecule has 1 unspecified atom stereocenters. The van der Waals surface area contributed by atoms with E-state index in [4.69, 9.17) is 0 Å². The molecule has 1 aromatic rings. The minimum absolute atomic E-state index is 0.0616. The molecule has 1 aliphatic rings. The van der Waals surface area contributed by atoms with Crippen molar-refractivity contribution in [3.63, 3.8) is 0 Å². The summed E-state index contributed by atoms with van der Waals surface area (Å²) in [5, 5.41) is 22.9. The Balaban J connectivity index is 2.57. The van der Waals surface area contributed by atoms with Crippen LogP contribution < -0.4 is 5.32 Å². The second-order valence-corrected chi connectivity index (χ2v) is 3.38. The molecule has 0 fully saturated rings. The molecule has 0 aromatic heterocycles. The molecule has 0 amide bonds. The van der Waals surface area contributed by atoms with Crippen LogP contribution in [0.1, 0.15) is 22.9 Å². The van der Waals surface area contributed by atoms with Gasteiger partial charge in [-0.05, 0) is 18.6 Å². The van der Waals surface area contributed by atoms with E-state index in [0.717, 1.165) is 5.56 Å². The summed E-state index contributed by atoms with van der Waals surface area (Å²) in [6, 6.07) is 3.19. The first-order chi connectivity index (χ1) is 6.59. The molecule has 2 rings (SSSR count). The summed E-state index contributed by atoms with van der Waals surface area (Å²) in [6.45, 7) is 2.26. The maximum absolute atomic E-state index is 10.6. The number of nitrogens with zero attached hydrogens (tertiary/aromatic N) is 1. The van der Waals surface area contributed by atoms with Crippen molar-refractivity contribution >= 4 is 5.69 Å². The van der Waals surface area contributed by atoms with Gasteiger partial charge >= 0.3 is 0 Å². The Bertz CT molecular complexity index is 403. The van der Waals surface area contributed by atoms with Gasteiger partial charge < -0.3 is 5.11 Å². The zero-order chi connectivity index (χ0) is 10.3. The number of nitro groups is 1. The summed E-state index contributed by atoms with van der Waals surface area (Å²) in [5.74, 6) is 0. The smallest absolute Gasteiger partial charge is 0.272 e. The van der Waals surface area contributed by atoms with Crippen LogP contribution in [-0.4, -0.2) is 10.0 Å². The molecule has 0 bridgehead atoms. The van der Waals surface area contributed by atoms with Crippen LogP contribution in [0.2, 0.25) is 0 Å². The van der Waals surface area contributed by atoms with Gasteiger partial charge in [0.1, 0.15) is 6.23 Å². The average Bonchev–Trinajstić information content (AvgIpc) is 2.46. The molecule has 14 heavy (non-hydrogen) atoms. The molecule has 0 spiro atoms. The molecule has 1 heterocycles. The average molecular weight is 194 g/mol. The predicted octanol–water partition coefficient (Wildman–Crippen LogP) is 0.997. The van der Waals surface area contributed by atoms with Gasteiger partial charge in [-0.3, -0.25) is 15.4 Å². The van der Waals surface area contributed by atoms with E-state index in [9.17, 15) is 15.2 Å². The number of hydrogen-bond acceptors (Lipinski definition) is 4. The molecule has 74 valence electrons. The molecule has 5 nitrogen and oxygen atoms in total. The third-order valence-electron chi connectivity index (χ3n) is 2.43. The number of aliphatic hydroxyl groups is 1. The fourth-order valence-electron chi connectivity index (χ4n) is 1.69. The van der Waals surface area contributed by atoms with Crippen molar-refractivity contribution < 1.29 is 10.0 Å². The van der Waals surface area contributed by atoms with Crippen molar-refractivity contribution in [2.45, 2.75) is 19.7 Å². The van der Waals surface area contributed by atoms with Gasteiger partial charge in [-0.2, -0.15) is 0 Å². The highest BCUT2D eigenvalue weighted by atomic mass is 16.6. The summed E-state index contributed by atoms with van der Waals surface area (Å²) in [6.07, 6.45) is -0.774. The van der Waals surface area contributed by atoms with Crippen LogP contribution in [0.4, 0.5) is 5.69 Å². The number of nitro benzene ring substituents is 1. The largest absolute Gasteiger partial charge is 0.374 e. The number of aliphatic hydroxyl groups excluding tert-OH is 1. The Morgan fingerprint density at radius 1 is 1.64 bits per heavy atom. The minimum Gasteiger partial charge on any atom is -0.374 e. The lowest BCUT2D eigenvalue weighted by atomic mass is 10.0. The number of benzene rings is 1. The number of fused-ring (bicyclic) bond motifs is 1. The monoisotopic (exact) mass is 194 g/mol. The SMILES string of the molecule is Cc1cc2c(cc1[N+](=O)[O-])C(O)NC2. The summed E-state index contributed by atoms with van der Waals surface area (Å²) in [4.78, 5) is 10.2. The third-order valence-corrected chi connectivity index (χ3v) is 2.43. The van der Waals surface area contributed by atoms with Crippen molar-refractivity contribution in [2.24, 2.45) is 0 Å². The van der Waals surface area contributed by atoms with Gasteiger partial charge in [0, 0.05) is 23.7 Å². The summed E-state index contributed by atoms with van der Waals surface area (Å²) < 4.78 is 0. The molecular weight excluding hydrogens is 184 g/mol. The van der Waals surface area contributed by atoms with E-state index in [-0.39, 0.29) is 5.69 Å². The van der Waals surface area contributed by atoms with Crippen molar-refractivity contribution in [3.05, 3.63) is 38.9 Å². The van der Waals surface area contributed by atoms with Crippen LogP contribution in [0.3, 0.4) is 0 Å². The number of nitrogens with one attached hydrogen (secondary N) is 1. The van der Waals surface area contributed by atoms with Gasteiger partial charge in [0.25, 0.3) is 5.69 Å². The molecule has 1 aliphatic heterocycles. The van der Waals surface area contributed by atoms with Crippen LogP contribution in [0.15, 0.2) is 12.1 Å². The van der Waals surface area contributed by atoms with E-state index >= 15 is 0 Å². The summed E-state index contributed by atoms with van der Waals surface area (Å²) in [5.41, 5.74) is 2.24. The molecule has 1 aromatic carbocycles. The van der Waals surface area contributed by atoms with Gasteiger partial charge in [-0.15, -0.1) is 0 Å². The highest BCUT2D eigenvalue weighted by molar-refractivity contribution is 5.48. The van der Waals surface area contributed by atoms with Crippen molar-refractivity contribution in [1.29, 1.82) is 0 Å². The number of aryl methyl sites for hydroxylation is 1. The van der Waals surface area contributed by atoms with E-state index in [1.54, 1.807) is 13.0 Å². The standard InChI is InChI=1S/C9H10N2O3/c1-5-2-6-4-10-9(12)7(6)3-8(5)11(13)14/h2-3,9-10,12H,4H2,1H3. The molecule has 5 heteroatoms. The van der Waals surface area contributed by atoms with E-state index in [1.165, 1.54) is 6.07 Å². The van der Waals surface area contributed by atoms with Gasteiger partial charge in [-0.25, -0.2) is 0 Å². The summed E-state index contributed by atoms with van der Waals surface area (Å²) >= 11 is 0. The van der Waals surface area contributed by atoms with Crippen molar-refractivity contribution in [2.75, 3.05) is 0 Å². The number of rotatable bonds is 1. The van der Waals surface area contributed by atoms with E-state index < -0.39 is 11.2 Å². The summed E-state index contributed by atoms with van der Waals surface area (Å²) in [7, 11) is 0. The van der Waals surface area contributed by atoms with Crippen molar-refractivity contribution in [1.82, 2.24) is 5.32 Å². The first-order valence-corrected chi connectivity index (χ1v) is 4.29. The second-order valence-electron chi connectivity index (χ2n) is 3.38. The highest BCUT2D eigenvalue weighted by Gasteiger charge is 2.24. The second kappa shape index (κ2) is 3.04. The van der Waals surface area contributed by atoms with Crippen LogP contribution >= 0.6 is 0 Å². The lowest BCUT2D eigenvalue weighted by Crippen LogP contribution is -2.10. The molecule has 0 saturated heterocycles. The number of hydrogen-bond donors (Lipinski definition) is 2.